The highest BCUT2D eigenvalue weighted by atomic mass is 35.5. The van der Waals surface area contributed by atoms with E-state index < -0.39 is 0 Å². The quantitative estimate of drug-likeness (QED) is 0.560. The first-order chi connectivity index (χ1) is 13.1. The summed E-state index contributed by atoms with van der Waals surface area (Å²) in [6.45, 7) is 0.848. The van der Waals surface area contributed by atoms with Gasteiger partial charge in [0.15, 0.2) is 0 Å². The van der Waals surface area contributed by atoms with E-state index in [1.165, 1.54) is 21.7 Å². The third-order valence-corrected chi connectivity index (χ3v) is 9.85. The van der Waals surface area contributed by atoms with Crippen molar-refractivity contribution in [2.45, 2.75) is 55.9 Å². The highest BCUT2D eigenvalue weighted by Gasteiger charge is 2.61. The van der Waals surface area contributed by atoms with Gasteiger partial charge in [0.05, 0.1) is 11.5 Å². The van der Waals surface area contributed by atoms with Crippen molar-refractivity contribution in [3.05, 3.63) is 44.3 Å². The van der Waals surface area contributed by atoms with Crippen LogP contribution in [0.5, 0.6) is 0 Å². The molecule has 4 aliphatic carbocycles. The Labute approximate surface area is 173 Å². The van der Waals surface area contributed by atoms with Gasteiger partial charge in [-0.1, -0.05) is 6.07 Å². The highest BCUT2D eigenvalue weighted by Crippen LogP contribution is 2.64. The van der Waals surface area contributed by atoms with E-state index in [1.54, 1.807) is 11.3 Å². The third kappa shape index (κ3) is 2.52. The SMILES string of the molecule is O=C(N1CCc2sccc2C1c1cccs1)C12CC3CC(CC(Cl)(C3)C1)C2. The van der Waals surface area contributed by atoms with E-state index in [4.69, 9.17) is 11.6 Å². The number of halogens is 1. The molecule has 0 radical (unpaired) electrons. The van der Waals surface area contributed by atoms with Crippen LogP contribution in [0.15, 0.2) is 29.0 Å². The zero-order valence-corrected chi connectivity index (χ0v) is 17.7. The zero-order valence-electron chi connectivity index (χ0n) is 15.3. The Hall–Kier alpha value is -0.840. The van der Waals surface area contributed by atoms with Crippen LogP contribution in [-0.2, 0) is 11.2 Å². The Balaban J connectivity index is 1.40. The van der Waals surface area contributed by atoms with Crippen molar-refractivity contribution < 1.29 is 4.79 Å². The van der Waals surface area contributed by atoms with Gasteiger partial charge in [0, 0.05) is 21.2 Å². The molecule has 5 heteroatoms. The second-order valence-corrected chi connectivity index (χ2v) is 12.1. The molecule has 2 aromatic rings. The summed E-state index contributed by atoms with van der Waals surface area (Å²) in [7, 11) is 0. The minimum Gasteiger partial charge on any atom is -0.330 e. The fourth-order valence-corrected chi connectivity index (χ4v) is 9.45. The summed E-state index contributed by atoms with van der Waals surface area (Å²) in [4.78, 5) is 19.0. The van der Waals surface area contributed by atoms with Crippen molar-refractivity contribution in [2.24, 2.45) is 17.3 Å². The average Bonchev–Trinajstić information content (AvgIpc) is 3.29. The molecule has 3 atom stereocenters. The van der Waals surface area contributed by atoms with Crippen LogP contribution in [0.2, 0.25) is 0 Å². The van der Waals surface area contributed by atoms with Crippen molar-refractivity contribution in [1.29, 1.82) is 0 Å². The fraction of sp³-hybridized carbons (Fsp3) is 0.591. The van der Waals surface area contributed by atoms with Crippen LogP contribution in [0.25, 0.3) is 0 Å². The van der Waals surface area contributed by atoms with Crippen molar-refractivity contribution in [2.75, 3.05) is 6.54 Å². The zero-order chi connectivity index (χ0) is 18.2. The van der Waals surface area contributed by atoms with Gasteiger partial charge < -0.3 is 4.90 Å². The van der Waals surface area contributed by atoms with E-state index in [9.17, 15) is 4.79 Å². The summed E-state index contributed by atoms with van der Waals surface area (Å²) in [5.41, 5.74) is 1.15. The molecule has 142 valence electrons. The first-order valence-electron chi connectivity index (χ1n) is 10.1. The lowest BCUT2D eigenvalue weighted by Gasteiger charge is -2.60. The number of carbonyl (C=O) groups excluding carboxylic acids is 1. The molecule has 7 rings (SSSR count). The normalized spacial score (nSPS) is 39.6. The molecule has 1 amide bonds. The molecule has 1 aliphatic heterocycles. The fourth-order valence-electron chi connectivity index (χ4n) is 6.99. The van der Waals surface area contributed by atoms with Crippen molar-refractivity contribution in [3.8, 4) is 0 Å². The van der Waals surface area contributed by atoms with Crippen LogP contribution in [0.1, 0.15) is 59.9 Å². The molecule has 0 spiro atoms. The lowest BCUT2D eigenvalue weighted by Crippen LogP contribution is -2.60. The summed E-state index contributed by atoms with van der Waals surface area (Å²) >= 11 is 10.7. The number of amides is 1. The standard InChI is InChI=1S/C22H24ClNOS2/c23-22-11-14-8-15(12-22)10-21(9-14,13-22)20(25)24-5-3-17-16(4-7-27-17)19(24)18-2-1-6-26-18/h1-2,4,6-7,14-15,19H,3,5,8-13H2. The predicted octanol–water partition coefficient (Wildman–Crippen LogP) is 5.86. The summed E-state index contributed by atoms with van der Waals surface area (Å²) in [5.74, 6) is 1.72. The maximum atomic E-state index is 14.1. The molecule has 5 aliphatic rings. The van der Waals surface area contributed by atoms with Crippen LogP contribution >= 0.6 is 34.3 Å². The van der Waals surface area contributed by atoms with Gasteiger partial charge in [-0.3, -0.25) is 4.79 Å². The number of carbonyl (C=O) groups is 1. The minimum atomic E-state index is -0.200. The molecule has 2 aromatic heterocycles. The van der Waals surface area contributed by atoms with Crippen LogP contribution in [-0.4, -0.2) is 22.2 Å². The van der Waals surface area contributed by atoms with Crippen LogP contribution < -0.4 is 0 Å². The molecule has 0 N–H and O–H groups in total. The molecule has 4 bridgehead atoms. The van der Waals surface area contributed by atoms with E-state index >= 15 is 0 Å². The lowest BCUT2D eigenvalue weighted by molar-refractivity contribution is -0.158. The van der Waals surface area contributed by atoms with Crippen LogP contribution in [0, 0.1) is 17.3 Å². The third-order valence-electron chi connectivity index (χ3n) is 7.48. The number of alkyl halides is 1. The van der Waals surface area contributed by atoms with E-state index in [-0.39, 0.29) is 16.3 Å². The molecule has 0 saturated heterocycles. The Kier molecular flexibility index (Phi) is 3.69. The van der Waals surface area contributed by atoms with Gasteiger partial charge in [-0.15, -0.1) is 34.3 Å². The van der Waals surface area contributed by atoms with E-state index in [0.29, 0.717) is 17.7 Å². The number of rotatable bonds is 2. The van der Waals surface area contributed by atoms with Gasteiger partial charge >= 0.3 is 0 Å². The molecule has 4 saturated carbocycles. The monoisotopic (exact) mass is 417 g/mol. The van der Waals surface area contributed by atoms with E-state index in [0.717, 1.165) is 45.1 Å². The van der Waals surface area contributed by atoms with Crippen LogP contribution in [0.4, 0.5) is 0 Å². The molecular weight excluding hydrogens is 394 g/mol. The second kappa shape index (κ2) is 5.84. The smallest absolute Gasteiger partial charge is 0.229 e. The number of thiophene rings is 2. The lowest BCUT2D eigenvalue weighted by atomic mass is 9.49. The highest BCUT2D eigenvalue weighted by molar-refractivity contribution is 7.10. The van der Waals surface area contributed by atoms with Gasteiger partial charge in [0.2, 0.25) is 5.91 Å². The topological polar surface area (TPSA) is 20.3 Å². The number of hydrogen-bond donors (Lipinski definition) is 0. The van der Waals surface area contributed by atoms with Gasteiger partial charge in [0.1, 0.15) is 0 Å². The van der Waals surface area contributed by atoms with Gasteiger partial charge in [-0.25, -0.2) is 0 Å². The average molecular weight is 418 g/mol. The summed E-state index contributed by atoms with van der Waals surface area (Å²) < 4.78 is 0. The molecule has 3 unspecified atom stereocenters. The van der Waals surface area contributed by atoms with Crippen molar-refractivity contribution in [1.82, 2.24) is 4.90 Å². The summed E-state index contributed by atoms with van der Waals surface area (Å²) in [6, 6.07) is 6.66. The Morgan fingerprint density at radius 2 is 1.93 bits per heavy atom. The molecular formula is C22H24ClNOS2. The van der Waals surface area contributed by atoms with E-state index in [2.05, 4.69) is 33.9 Å². The molecule has 3 heterocycles. The van der Waals surface area contributed by atoms with Crippen molar-refractivity contribution >= 4 is 40.2 Å². The Morgan fingerprint density at radius 1 is 1.11 bits per heavy atom. The molecule has 4 fully saturated rings. The van der Waals surface area contributed by atoms with Gasteiger partial charge in [-0.05, 0) is 85.2 Å². The molecule has 2 nitrogen and oxygen atoms in total. The molecule has 0 aromatic carbocycles. The first-order valence-corrected chi connectivity index (χ1v) is 12.3. The first kappa shape index (κ1) is 17.1. The van der Waals surface area contributed by atoms with E-state index in [1.807, 2.05) is 11.3 Å². The van der Waals surface area contributed by atoms with Crippen LogP contribution in [0.3, 0.4) is 0 Å². The van der Waals surface area contributed by atoms with Gasteiger partial charge in [0.25, 0.3) is 0 Å². The Morgan fingerprint density at radius 3 is 2.63 bits per heavy atom. The summed E-state index contributed by atoms with van der Waals surface area (Å²) in [5, 5.41) is 4.33. The second-order valence-electron chi connectivity index (χ2n) is 9.36. The number of fused-ring (bicyclic) bond motifs is 1. The summed E-state index contributed by atoms with van der Waals surface area (Å²) in [6.07, 6.45) is 7.59. The molecule has 27 heavy (non-hydrogen) atoms. The van der Waals surface area contributed by atoms with Gasteiger partial charge in [-0.2, -0.15) is 0 Å². The van der Waals surface area contributed by atoms with Crippen molar-refractivity contribution in [3.63, 3.8) is 0 Å². The number of nitrogens with zero attached hydrogens (tertiary/aromatic N) is 1. The minimum absolute atomic E-state index is 0.104. The predicted molar refractivity (Wildman–Crippen MR) is 112 cm³/mol. The maximum Gasteiger partial charge on any atom is 0.229 e. The number of hydrogen-bond acceptors (Lipinski definition) is 3. The Bertz CT molecular complexity index is 874. The largest absolute Gasteiger partial charge is 0.330 e. The maximum absolute atomic E-state index is 14.1.